The molecule has 36 heavy (non-hydrogen) atoms. The third-order valence-corrected chi connectivity index (χ3v) is 6.44. The number of fused-ring (bicyclic) bond motifs is 1. The quantitative estimate of drug-likeness (QED) is 0.331. The number of aryl methyl sites for hydroxylation is 2. The van der Waals surface area contributed by atoms with Gasteiger partial charge in [-0.1, -0.05) is 18.2 Å². The molecule has 7 heteroatoms. The van der Waals surface area contributed by atoms with Crippen molar-refractivity contribution in [2.45, 2.75) is 25.4 Å². The number of hydrogen-bond acceptors (Lipinski definition) is 5. The van der Waals surface area contributed by atoms with Crippen LogP contribution in [0, 0.1) is 13.8 Å². The number of anilines is 1. The van der Waals surface area contributed by atoms with E-state index in [-0.39, 0.29) is 6.42 Å². The van der Waals surface area contributed by atoms with Gasteiger partial charge >= 0.3 is 0 Å². The van der Waals surface area contributed by atoms with E-state index >= 15 is 0 Å². The largest absolute Gasteiger partial charge is 0.497 e. The number of hydrogen-bond donors (Lipinski definition) is 2. The molecular weight excluding hydrogens is 450 g/mol. The van der Waals surface area contributed by atoms with Crippen LogP contribution in [0.15, 0.2) is 66.7 Å². The molecule has 0 spiro atoms. The highest BCUT2D eigenvalue weighted by atomic mass is 16.5. The molecule has 7 nitrogen and oxygen atoms in total. The monoisotopic (exact) mass is 483 g/mol. The smallest absolute Gasteiger partial charge is 0.219 e. The zero-order valence-corrected chi connectivity index (χ0v) is 20.7. The van der Waals surface area contributed by atoms with E-state index in [2.05, 4.69) is 59.7 Å². The van der Waals surface area contributed by atoms with Gasteiger partial charge in [-0.05, 0) is 79.9 Å². The number of amides is 1. The number of aromatic nitrogens is 2. The van der Waals surface area contributed by atoms with Crippen LogP contribution in [0.4, 0.5) is 5.69 Å². The molecule has 2 radical (unpaired) electrons. The number of methoxy groups -OCH3 is 1. The third kappa shape index (κ3) is 5.52. The van der Waals surface area contributed by atoms with Crippen LogP contribution < -0.4 is 21.1 Å². The highest BCUT2D eigenvalue weighted by molar-refractivity contribution is 5.82. The molecule has 1 heterocycles. The van der Waals surface area contributed by atoms with Gasteiger partial charge in [0.15, 0.2) is 0 Å². The van der Waals surface area contributed by atoms with Crippen molar-refractivity contribution in [3.63, 3.8) is 0 Å². The lowest BCUT2D eigenvalue weighted by Crippen LogP contribution is -2.21. The second kappa shape index (κ2) is 11.3. The second-order valence-electron chi connectivity index (χ2n) is 8.74. The minimum absolute atomic E-state index is 0.0904. The lowest BCUT2D eigenvalue weighted by molar-refractivity contribution is -0.118. The number of imidazole rings is 1. The Hall–Kier alpha value is -3.84. The number of primary amides is 1. The van der Waals surface area contributed by atoms with E-state index in [9.17, 15) is 4.79 Å². The Morgan fingerprint density at radius 2 is 1.75 bits per heavy atom. The maximum Gasteiger partial charge on any atom is 0.219 e. The number of carbonyl (C=O) groups excluding carboxylic acids is 1. The molecule has 4 aromatic rings. The van der Waals surface area contributed by atoms with Crippen molar-refractivity contribution in [1.29, 1.82) is 0 Å². The summed E-state index contributed by atoms with van der Waals surface area (Å²) in [4.78, 5) is 18.5. The Kier molecular flexibility index (Phi) is 7.90. The number of nitrogens with two attached hydrogens (primary N) is 2. The number of rotatable bonds is 11. The van der Waals surface area contributed by atoms with Crippen molar-refractivity contribution in [2.75, 3.05) is 25.1 Å². The molecule has 0 aliphatic carbocycles. The molecule has 0 saturated heterocycles. The average Bonchev–Trinajstić information content (AvgIpc) is 3.26. The Morgan fingerprint density at radius 1 is 1.06 bits per heavy atom. The van der Waals surface area contributed by atoms with Crippen molar-refractivity contribution in [2.24, 2.45) is 11.5 Å². The molecule has 1 aromatic heterocycles. The van der Waals surface area contributed by atoms with Crippen LogP contribution in [0.25, 0.3) is 22.4 Å². The summed E-state index contributed by atoms with van der Waals surface area (Å²) in [6, 6.07) is 21.9. The zero-order valence-electron chi connectivity index (χ0n) is 20.7. The van der Waals surface area contributed by atoms with E-state index in [1.807, 2.05) is 30.3 Å². The molecule has 1 unspecified atom stereocenters. The fraction of sp³-hybridized carbons (Fsp3) is 0.241. The first-order valence-corrected chi connectivity index (χ1v) is 12.0. The predicted molar refractivity (Wildman–Crippen MR) is 146 cm³/mol. The van der Waals surface area contributed by atoms with Crippen LogP contribution in [-0.4, -0.2) is 35.7 Å². The van der Waals surface area contributed by atoms with Crippen LogP contribution in [0.5, 0.6) is 5.75 Å². The number of ether oxygens (including phenoxy) is 1. The molecule has 0 bridgehead atoms. The summed E-state index contributed by atoms with van der Waals surface area (Å²) in [5.74, 6) is 1.29. The van der Waals surface area contributed by atoms with Gasteiger partial charge in [0.1, 0.15) is 11.6 Å². The molecule has 4 N–H and O–H groups in total. The van der Waals surface area contributed by atoms with Crippen LogP contribution in [0.3, 0.4) is 0 Å². The Balaban J connectivity index is 1.72. The normalized spacial score (nSPS) is 12.0. The maximum atomic E-state index is 11.4. The molecule has 186 valence electrons. The molecule has 0 fully saturated rings. The van der Waals surface area contributed by atoms with Gasteiger partial charge in [-0.25, -0.2) is 4.98 Å². The SMILES string of the molecule is [CH2]CN(C[CH2])c1ccc(-c2nc3cc(C(N)CC(N)=O)ccc3n2CCc2ccc(OC)cc2)cc1. The van der Waals surface area contributed by atoms with Crippen LogP contribution in [0.1, 0.15) is 23.6 Å². The minimum atomic E-state index is -0.463. The van der Waals surface area contributed by atoms with Crippen LogP contribution in [0.2, 0.25) is 0 Å². The molecule has 0 aliphatic rings. The standard InChI is InChI=1S/C29H33N5O2/c1-4-33(5-2)23-11-8-21(9-12-23)29-32-26-18-22(25(30)19-28(31)35)10-15-27(26)34(29)17-16-20-6-13-24(36-3)14-7-20/h6-15,18,25H,1-2,4-5,16-17,19,30H2,3H3,(H2,31,35). The van der Waals surface area contributed by atoms with E-state index < -0.39 is 11.9 Å². The first-order valence-electron chi connectivity index (χ1n) is 12.0. The molecule has 1 atom stereocenters. The Bertz CT molecular complexity index is 1310. The highest BCUT2D eigenvalue weighted by Crippen LogP contribution is 2.29. The van der Waals surface area contributed by atoms with Crippen LogP contribution >= 0.6 is 0 Å². The second-order valence-corrected chi connectivity index (χ2v) is 8.74. The summed E-state index contributed by atoms with van der Waals surface area (Å²) in [6.45, 7) is 10.0. The molecule has 0 saturated carbocycles. The molecule has 1 amide bonds. The summed E-state index contributed by atoms with van der Waals surface area (Å²) >= 11 is 0. The van der Waals surface area contributed by atoms with Crippen molar-refractivity contribution >= 4 is 22.6 Å². The van der Waals surface area contributed by atoms with Gasteiger partial charge in [-0.15, -0.1) is 0 Å². The number of benzene rings is 3. The number of nitrogens with zero attached hydrogens (tertiary/aromatic N) is 3. The van der Waals surface area contributed by atoms with Gasteiger partial charge in [-0.2, -0.15) is 0 Å². The van der Waals surface area contributed by atoms with E-state index in [1.165, 1.54) is 5.56 Å². The van der Waals surface area contributed by atoms with Crippen LogP contribution in [-0.2, 0) is 17.8 Å². The van der Waals surface area contributed by atoms with Crippen molar-refractivity contribution in [3.05, 3.63) is 91.7 Å². The van der Waals surface area contributed by atoms with Crippen molar-refractivity contribution in [3.8, 4) is 17.1 Å². The Morgan fingerprint density at radius 3 is 2.36 bits per heavy atom. The van der Waals surface area contributed by atoms with Gasteiger partial charge in [-0.3, -0.25) is 4.79 Å². The fourth-order valence-corrected chi connectivity index (χ4v) is 4.38. The summed E-state index contributed by atoms with van der Waals surface area (Å²) in [5, 5.41) is 0. The first kappa shape index (κ1) is 25.3. The predicted octanol–water partition coefficient (Wildman–Crippen LogP) is 4.30. The van der Waals surface area contributed by atoms with E-state index in [0.717, 1.165) is 52.4 Å². The summed E-state index contributed by atoms with van der Waals surface area (Å²) in [7, 11) is 1.67. The van der Waals surface area contributed by atoms with E-state index in [1.54, 1.807) is 7.11 Å². The fourth-order valence-electron chi connectivity index (χ4n) is 4.38. The lowest BCUT2D eigenvalue weighted by Gasteiger charge is -2.21. The summed E-state index contributed by atoms with van der Waals surface area (Å²) in [6.07, 6.45) is 0.924. The highest BCUT2D eigenvalue weighted by Gasteiger charge is 2.16. The maximum absolute atomic E-state index is 11.4. The minimum Gasteiger partial charge on any atom is -0.497 e. The Labute approximate surface area is 212 Å². The van der Waals surface area contributed by atoms with Gasteiger partial charge in [0, 0.05) is 43.3 Å². The molecular formula is C29H33N5O2. The molecule has 4 rings (SSSR count). The van der Waals surface area contributed by atoms with Crippen molar-refractivity contribution < 1.29 is 9.53 Å². The van der Waals surface area contributed by atoms with Crippen molar-refractivity contribution in [1.82, 2.24) is 9.55 Å². The molecule has 0 aliphatic heterocycles. The zero-order chi connectivity index (χ0) is 25.7. The van der Waals surface area contributed by atoms with E-state index in [0.29, 0.717) is 13.1 Å². The lowest BCUT2D eigenvalue weighted by atomic mass is 10.0. The summed E-state index contributed by atoms with van der Waals surface area (Å²) in [5.41, 5.74) is 17.5. The van der Waals surface area contributed by atoms with E-state index in [4.69, 9.17) is 21.2 Å². The van der Waals surface area contributed by atoms with Gasteiger partial charge < -0.3 is 25.7 Å². The number of carbonyl (C=O) groups is 1. The third-order valence-electron chi connectivity index (χ3n) is 6.44. The first-order chi connectivity index (χ1) is 17.4. The topological polar surface area (TPSA) is 99.4 Å². The molecule has 3 aromatic carbocycles. The summed E-state index contributed by atoms with van der Waals surface area (Å²) < 4.78 is 7.52. The average molecular weight is 484 g/mol. The van der Waals surface area contributed by atoms with Gasteiger partial charge in [0.05, 0.1) is 18.1 Å². The van der Waals surface area contributed by atoms with Gasteiger partial charge in [0.25, 0.3) is 0 Å². The van der Waals surface area contributed by atoms with Gasteiger partial charge in [0.2, 0.25) is 5.91 Å².